The minimum absolute atomic E-state index is 0.0570. The highest BCUT2D eigenvalue weighted by Crippen LogP contribution is 2.38. The molecule has 0 atom stereocenters. The number of hydrogen-bond donors (Lipinski definition) is 0. The lowest BCUT2D eigenvalue weighted by Gasteiger charge is -2.29. The van der Waals surface area contributed by atoms with Crippen LogP contribution in [0.3, 0.4) is 0 Å². The summed E-state index contributed by atoms with van der Waals surface area (Å²) in [5.41, 5.74) is 24.8. The van der Waals surface area contributed by atoms with Gasteiger partial charge in [0, 0.05) is 4.11 Å². The quantitative estimate of drug-likeness (QED) is 0.149. The van der Waals surface area contributed by atoms with Crippen molar-refractivity contribution >= 4 is 0 Å². The summed E-state index contributed by atoms with van der Waals surface area (Å²) in [6, 6.07) is 41.3. The van der Waals surface area contributed by atoms with Crippen molar-refractivity contribution in [2.45, 2.75) is 338 Å². The summed E-state index contributed by atoms with van der Waals surface area (Å²) in [6.07, 6.45) is 2.39. The topological polar surface area (TPSA) is 0 Å². The largest absolute Gasteiger partial charge is 0.0630 e. The molecule has 0 spiro atoms. The Bertz CT molecular complexity index is 3000. The molecule has 0 saturated carbocycles. The van der Waals surface area contributed by atoms with Crippen LogP contribution in [0.4, 0.5) is 0 Å². The summed E-state index contributed by atoms with van der Waals surface area (Å²) < 4.78 is 22.3. The van der Waals surface area contributed by atoms with Crippen LogP contribution in [0.2, 0.25) is 0 Å². The van der Waals surface area contributed by atoms with E-state index in [2.05, 4.69) is 352 Å². The third kappa shape index (κ3) is 29.9. The van der Waals surface area contributed by atoms with Crippen LogP contribution in [0, 0.1) is 52.3 Å². The lowest BCUT2D eigenvalue weighted by Crippen LogP contribution is -2.21. The van der Waals surface area contributed by atoms with Gasteiger partial charge in [-0.15, -0.1) is 0 Å². The molecular formula is C90H146. The molecule has 90 heavy (non-hydrogen) atoms. The first-order valence-electron chi connectivity index (χ1n) is 36.4. The Labute approximate surface area is 567 Å². The second-order valence-electron chi connectivity index (χ2n) is 35.8. The van der Waals surface area contributed by atoms with E-state index in [1.807, 2.05) is 13.8 Å². The van der Waals surface area contributed by atoms with Crippen LogP contribution >= 0.6 is 0 Å². The van der Waals surface area contributed by atoms with Crippen molar-refractivity contribution in [2.75, 3.05) is 0 Å². The lowest BCUT2D eigenvalue weighted by molar-refractivity contribution is 0.530. The molecule has 506 valence electrons. The van der Waals surface area contributed by atoms with Crippen molar-refractivity contribution in [2.24, 2.45) is 17.8 Å². The number of benzene rings is 6. The molecule has 6 aromatic carbocycles. The molecule has 0 heterocycles. The highest BCUT2D eigenvalue weighted by Gasteiger charge is 2.27. The minimum atomic E-state index is -2.01. The molecule has 0 heteroatoms. The fraction of sp³-hybridized carbons (Fsp3) is 0.600. The first kappa shape index (κ1) is 79.6. The summed E-state index contributed by atoms with van der Waals surface area (Å²) in [5, 5.41) is 0. The Morgan fingerprint density at radius 3 is 0.811 bits per heavy atom. The van der Waals surface area contributed by atoms with E-state index in [9.17, 15) is 0 Å². The van der Waals surface area contributed by atoms with Crippen LogP contribution in [0.25, 0.3) is 0 Å². The number of aryl methyl sites for hydroxylation is 5. The zero-order chi connectivity index (χ0) is 73.1. The maximum atomic E-state index is 7.43. The molecule has 0 N–H and O–H groups in total. The van der Waals surface area contributed by atoms with Crippen molar-refractivity contribution in [3.05, 3.63) is 210 Å². The SMILES string of the molecule is CC(C)(C)c1ccccc1C(C)(C)C.CC(C)C.CC(C)Cc1cccc(CC(C)C)c1C(C)(C)C.CC(C)c1cccc(C(C)C)c1C(C)(C)C.CC(C)c1ccccc1C(C)(C)C.Cc1cccc(C)c1C(C)(C)C.[2H]C([2H])([2H])c1cc(C)c(C(C)(C)C)c(C)c1. The summed E-state index contributed by atoms with van der Waals surface area (Å²) in [7, 11) is 0. The molecular weight excluding hydrogens is 1080 g/mol. The van der Waals surface area contributed by atoms with E-state index in [0.717, 1.165) is 28.9 Å². The molecule has 0 aromatic heterocycles. The first-order chi connectivity index (χ1) is 41.8. The van der Waals surface area contributed by atoms with Gasteiger partial charge in [-0.05, 0) is 210 Å². The Morgan fingerprint density at radius 2 is 0.556 bits per heavy atom. The minimum Gasteiger partial charge on any atom is -0.0630 e. The number of rotatable bonds is 7. The summed E-state index contributed by atoms with van der Waals surface area (Å²) >= 11 is 0. The van der Waals surface area contributed by atoms with Gasteiger partial charge >= 0.3 is 0 Å². The Kier molecular flexibility index (Phi) is 31.9. The predicted molar refractivity (Wildman–Crippen MR) is 413 cm³/mol. The van der Waals surface area contributed by atoms with Crippen molar-refractivity contribution < 1.29 is 4.11 Å². The van der Waals surface area contributed by atoms with Crippen LogP contribution in [0.15, 0.2) is 115 Å². The van der Waals surface area contributed by atoms with Crippen molar-refractivity contribution in [3.63, 3.8) is 0 Å². The molecule has 0 unspecified atom stereocenters. The average molecular weight is 1230 g/mol. The molecule has 0 radical (unpaired) electrons. The smallest absolute Gasteiger partial charge is 0.0280 e. The first-order valence-corrected chi connectivity index (χ1v) is 34.9. The second-order valence-corrected chi connectivity index (χ2v) is 35.8. The van der Waals surface area contributed by atoms with Gasteiger partial charge in [0.2, 0.25) is 0 Å². The second kappa shape index (κ2) is 36.1. The monoisotopic (exact) mass is 1230 g/mol. The van der Waals surface area contributed by atoms with Crippen molar-refractivity contribution in [1.82, 2.24) is 0 Å². The van der Waals surface area contributed by atoms with E-state index in [1.54, 1.807) is 34.4 Å². The highest BCUT2D eigenvalue weighted by atomic mass is 14.3. The van der Waals surface area contributed by atoms with E-state index in [1.165, 1.54) is 68.5 Å². The molecule has 0 bridgehead atoms. The van der Waals surface area contributed by atoms with Gasteiger partial charge in [0.1, 0.15) is 0 Å². The van der Waals surface area contributed by atoms with Crippen molar-refractivity contribution in [1.29, 1.82) is 0 Å². The zero-order valence-electron chi connectivity index (χ0n) is 69.3. The average Bonchev–Trinajstić information content (AvgIpc) is 0.829. The summed E-state index contributed by atoms with van der Waals surface area (Å²) in [4.78, 5) is 0. The van der Waals surface area contributed by atoms with Crippen LogP contribution in [-0.4, -0.2) is 0 Å². The molecule has 0 saturated heterocycles. The van der Waals surface area contributed by atoms with Crippen molar-refractivity contribution in [3.8, 4) is 0 Å². The van der Waals surface area contributed by atoms with E-state index in [-0.39, 0.29) is 37.9 Å². The van der Waals surface area contributed by atoms with Crippen LogP contribution in [0.5, 0.6) is 0 Å². The molecule has 0 fully saturated rings. The van der Waals surface area contributed by atoms with E-state index in [0.29, 0.717) is 23.3 Å². The molecule has 0 aliphatic heterocycles. The van der Waals surface area contributed by atoms with Crippen LogP contribution in [-0.2, 0) is 50.7 Å². The third-order valence-corrected chi connectivity index (χ3v) is 15.8. The van der Waals surface area contributed by atoms with E-state index < -0.39 is 6.85 Å². The van der Waals surface area contributed by atoms with Gasteiger partial charge in [-0.25, -0.2) is 0 Å². The molecule has 0 aliphatic carbocycles. The van der Waals surface area contributed by atoms with Gasteiger partial charge in [0.25, 0.3) is 0 Å². The molecule has 6 aromatic rings. The van der Waals surface area contributed by atoms with Gasteiger partial charge in [-0.3, -0.25) is 0 Å². The zero-order valence-corrected chi connectivity index (χ0v) is 66.3. The Morgan fingerprint density at radius 1 is 0.289 bits per heavy atom. The van der Waals surface area contributed by atoms with Gasteiger partial charge in [0.15, 0.2) is 0 Å². The maximum absolute atomic E-state index is 7.43. The fourth-order valence-corrected chi connectivity index (χ4v) is 12.9. The van der Waals surface area contributed by atoms with Gasteiger partial charge < -0.3 is 0 Å². The molecule has 6 rings (SSSR count). The predicted octanol–water partition coefficient (Wildman–Crippen LogP) is 28.2. The van der Waals surface area contributed by atoms with E-state index >= 15 is 0 Å². The summed E-state index contributed by atoms with van der Waals surface area (Å²) in [5.74, 6) is 4.11. The van der Waals surface area contributed by atoms with E-state index in [4.69, 9.17) is 4.11 Å². The normalized spacial score (nSPS) is 12.8. The standard InChI is InChI=1S/C18H30.C16H26.C14H22.2C13H20.C12H18.C4H10/c1-13(2)11-15-9-8-10-16(12-14(3)4)17(15)18(5,6)7;1-11(2)13-9-8-10-14(12(3)4)15(13)16(5,6)7;1-13(2,3)11-9-7-8-10-12(11)14(4,5)6;1-9-7-10(2)12(11(3)8-9)13(4,5)6;1-10(2)11-8-6-7-9-12(11)13(3,4)5;1-9-7-6-8-10(2)11(9)12(3,4)5;1-4(2)3/h8-10,13-14H,11-12H2,1-7H3;8-12H,1-7H3;7-10H,1-6H3;7-8H,1-6H3;6-10H,1-5H3;6-8H,1-5H3;4H,1-3H3/i;;;1D3;;;. The maximum Gasteiger partial charge on any atom is 0.0280 e. The summed E-state index contributed by atoms with van der Waals surface area (Å²) in [6.45, 7) is 83.4. The Hall–Kier alpha value is -4.68. The molecule has 0 amide bonds. The van der Waals surface area contributed by atoms with Crippen LogP contribution in [0.1, 0.15) is 352 Å². The Balaban J connectivity index is 0.00000108. The van der Waals surface area contributed by atoms with Gasteiger partial charge in [-0.2, -0.15) is 0 Å². The third-order valence-electron chi connectivity index (χ3n) is 15.8. The molecule has 0 aliphatic rings. The highest BCUT2D eigenvalue weighted by molar-refractivity contribution is 5.45. The number of hydrogen-bond acceptors (Lipinski definition) is 0. The van der Waals surface area contributed by atoms with Crippen LogP contribution < -0.4 is 0 Å². The lowest BCUT2D eigenvalue weighted by atomic mass is 9.75. The van der Waals surface area contributed by atoms with Gasteiger partial charge in [-0.1, -0.05) is 356 Å². The van der Waals surface area contributed by atoms with Gasteiger partial charge in [0.05, 0.1) is 0 Å². The molecule has 0 nitrogen and oxygen atoms in total. The fourth-order valence-electron chi connectivity index (χ4n) is 12.9.